The summed E-state index contributed by atoms with van der Waals surface area (Å²) in [6, 6.07) is 36.1. The number of benzene rings is 6. The fourth-order valence-corrected chi connectivity index (χ4v) is 7.93. The molecule has 2 heterocycles. The molecule has 0 saturated heterocycles. The predicted molar refractivity (Wildman–Crippen MR) is 183 cm³/mol. The highest BCUT2D eigenvalue weighted by molar-refractivity contribution is 7.26. The lowest BCUT2D eigenvalue weighted by atomic mass is 9.92. The second-order valence-electron chi connectivity index (χ2n) is 12.1. The van der Waals surface area contributed by atoms with Crippen molar-refractivity contribution in [2.45, 2.75) is 39.5 Å². The maximum atomic E-state index is 15.0. The van der Waals surface area contributed by atoms with Crippen LogP contribution in [-0.4, -0.2) is 9.55 Å². The first-order chi connectivity index (χ1) is 20.9. The van der Waals surface area contributed by atoms with Crippen molar-refractivity contribution in [3.05, 3.63) is 120 Å². The van der Waals surface area contributed by atoms with Gasteiger partial charge in [0, 0.05) is 25.7 Å². The largest absolute Gasteiger partial charge is 0.292 e. The van der Waals surface area contributed by atoms with Crippen molar-refractivity contribution in [1.29, 1.82) is 0 Å². The fourth-order valence-electron chi connectivity index (χ4n) is 6.69. The topological polar surface area (TPSA) is 17.8 Å². The highest BCUT2D eigenvalue weighted by Gasteiger charge is 2.24. The summed E-state index contributed by atoms with van der Waals surface area (Å²) in [5, 5.41) is 7.56. The van der Waals surface area contributed by atoms with Gasteiger partial charge in [0.1, 0.15) is 11.6 Å². The van der Waals surface area contributed by atoms with E-state index >= 15 is 4.39 Å². The minimum atomic E-state index is -0.187. The van der Waals surface area contributed by atoms with E-state index in [2.05, 4.69) is 117 Å². The molecule has 210 valence electrons. The van der Waals surface area contributed by atoms with Crippen LogP contribution in [0.15, 0.2) is 103 Å². The van der Waals surface area contributed by atoms with Crippen LogP contribution in [0.1, 0.15) is 50.7 Å². The SMILES string of the molecule is CC(C)c1cc(F)cc(C(C)C)c1-n1c(-c2cccc3c2sc2cc4ccc5ccccc5c4cc23)nc2ccccc21. The molecule has 0 bridgehead atoms. The maximum absolute atomic E-state index is 15.0. The maximum Gasteiger partial charge on any atom is 0.147 e. The van der Waals surface area contributed by atoms with Gasteiger partial charge >= 0.3 is 0 Å². The average Bonchev–Trinajstić information content (AvgIpc) is 3.57. The Kier molecular flexibility index (Phi) is 5.92. The molecular weight excluding hydrogens is 548 g/mol. The Morgan fingerprint density at radius 3 is 2.14 bits per heavy atom. The molecular formula is C39H31FN2S. The molecule has 6 aromatic carbocycles. The van der Waals surface area contributed by atoms with E-state index in [9.17, 15) is 0 Å². The molecule has 4 heteroatoms. The van der Waals surface area contributed by atoms with Gasteiger partial charge in [-0.1, -0.05) is 88.4 Å². The van der Waals surface area contributed by atoms with Crippen molar-refractivity contribution >= 4 is 64.1 Å². The smallest absolute Gasteiger partial charge is 0.147 e. The third-order valence-corrected chi connectivity index (χ3v) is 9.97. The van der Waals surface area contributed by atoms with Gasteiger partial charge in [-0.05, 0) is 87.0 Å². The zero-order chi connectivity index (χ0) is 29.4. The monoisotopic (exact) mass is 578 g/mol. The number of aromatic nitrogens is 2. The summed E-state index contributed by atoms with van der Waals surface area (Å²) in [7, 11) is 0. The second kappa shape index (κ2) is 9.75. The number of thiophene rings is 1. The normalized spacial score (nSPS) is 12.3. The van der Waals surface area contributed by atoms with E-state index in [-0.39, 0.29) is 17.7 Å². The van der Waals surface area contributed by atoms with Crippen LogP contribution in [0.2, 0.25) is 0 Å². The number of nitrogens with zero attached hydrogens (tertiary/aromatic N) is 2. The number of hydrogen-bond donors (Lipinski definition) is 0. The summed E-state index contributed by atoms with van der Waals surface area (Å²) in [6.45, 7) is 8.56. The Morgan fingerprint density at radius 2 is 1.35 bits per heavy atom. The lowest BCUT2D eigenvalue weighted by molar-refractivity contribution is 0.617. The molecule has 0 saturated carbocycles. The van der Waals surface area contributed by atoms with E-state index in [0.29, 0.717) is 0 Å². The number of imidazole rings is 1. The molecule has 0 aliphatic rings. The van der Waals surface area contributed by atoms with Crippen LogP contribution in [0, 0.1) is 5.82 Å². The van der Waals surface area contributed by atoms with Crippen molar-refractivity contribution in [2.24, 2.45) is 0 Å². The van der Waals surface area contributed by atoms with Gasteiger partial charge in [-0.3, -0.25) is 4.57 Å². The Hall–Kier alpha value is -4.54. The Labute approximate surface area is 254 Å². The molecule has 8 rings (SSSR count). The lowest BCUT2D eigenvalue weighted by Crippen LogP contribution is -2.09. The summed E-state index contributed by atoms with van der Waals surface area (Å²) in [6.07, 6.45) is 0. The van der Waals surface area contributed by atoms with Gasteiger partial charge in [0.05, 0.1) is 16.7 Å². The van der Waals surface area contributed by atoms with E-state index in [4.69, 9.17) is 4.98 Å². The summed E-state index contributed by atoms with van der Waals surface area (Å²) in [5.74, 6) is 0.983. The molecule has 0 unspecified atom stereocenters. The first-order valence-electron chi connectivity index (χ1n) is 15.0. The predicted octanol–water partition coefficient (Wildman–Crippen LogP) is 11.8. The van der Waals surface area contributed by atoms with Gasteiger partial charge in [-0.15, -0.1) is 11.3 Å². The molecule has 8 aromatic rings. The van der Waals surface area contributed by atoms with Gasteiger partial charge in [-0.2, -0.15) is 0 Å². The first kappa shape index (κ1) is 26.1. The van der Waals surface area contributed by atoms with E-state index in [1.54, 1.807) is 12.1 Å². The third kappa shape index (κ3) is 4.00. The van der Waals surface area contributed by atoms with Crippen LogP contribution >= 0.6 is 11.3 Å². The van der Waals surface area contributed by atoms with Crippen LogP contribution in [0.3, 0.4) is 0 Å². The second-order valence-corrected chi connectivity index (χ2v) is 13.2. The Balaban J connectivity index is 1.47. The quantitative estimate of drug-likeness (QED) is 0.190. The fraction of sp³-hybridized carbons (Fsp3) is 0.154. The van der Waals surface area contributed by atoms with Gasteiger partial charge in [0.25, 0.3) is 0 Å². The molecule has 0 aliphatic carbocycles. The average molecular weight is 579 g/mol. The standard InChI is InChI=1S/C39H31FN2S/c1-22(2)30-19-26(40)20-31(23(3)4)37(30)42-35-15-8-7-14-34(35)41-39(42)29-13-9-12-28-33-21-32-25(18-36(33)43-38(28)29)17-16-24-10-5-6-11-27(24)32/h5-23H,1-4H3. The molecule has 0 amide bonds. The van der Waals surface area contributed by atoms with Gasteiger partial charge in [0.15, 0.2) is 0 Å². The molecule has 43 heavy (non-hydrogen) atoms. The summed E-state index contributed by atoms with van der Waals surface area (Å²) < 4.78 is 19.8. The van der Waals surface area contributed by atoms with Crippen molar-refractivity contribution in [3.63, 3.8) is 0 Å². The number of hydrogen-bond acceptors (Lipinski definition) is 2. The van der Waals surface area contributed by atoms with E-state index in [1.807, 2.05) is 17.4 Å². The number of fused-ring (bicyclic) bond motifs is 7. The summed E-state index contributed by atoms with van der Waals surface area (Å²) >= 11 is 1.83. The van der Waals surface area contributed by atoms with Crippen LogP contribution in [0.25, 0.3) is 69.8 Å². The molecule has 2 nitrogen and oxygen atoms in total. The summed E-state index contributed by atoms with van der Waals surface area (Å²) in [4.78, 5) is 5.27. The molecule has 0 atom stereocenters. The zero-order valence-corrected chi connectivity index (χ0v) is 25.5. The Morgan fingerprint density at radius 1 is 0.651 bits per heavy atom. The van der Waals surface area contributed by atoms with Crippen LogP contribution < -0.4 is 0 Å². The minimum Gasteiger partial charge on any atom is -0.292 e. The Bertz CT molecular complexity index is 2340. The lowest BCUT2D eigenvalue weighted by Gasteiger charge is -2.23. The molecule has 0 aliphatic heterocycles. The molecule has 0 radical (unpaired) electrons. The van der Waals surface area contributed by atoms with Crippen molar-refractivity contribution in [1.82, 2.24) is 9.55 Å². The summed E-state index contributed by atoms with van der Waals surface area (Å²) in [5.41, 5.74) is 6.09. The number of halogens is 1. The third-order valence-electron chi connectivity index (χ3n) is 8.77. The number of rotatable bonds is 4. The first-order valence-corrected chi connectivity index (χ1v) is 15.8. The minimum absolute atomic E-state index is 0.139. The van der Waals surface area contributed by atoms with Gasteiger partial charge < -0.3 is 0 Å². The molecule has 2 aromatic heterocycles. The highest BCUT2D eigenvalue weighted by atomic mass is 32.1. The number of para-hydroxylation sites is 2. The van der Waals surface area contributed by atoms with Gasteiger partial charge in [-0.25, -0.2) is 9.37 Å². The highest BCUT2D eigenvalue weighted by Crippen LogP contribution is 2.44. The van der Waals surface area contributed by atoms with Crippen LogP contribution in [0.4, 0.5) is 4.39 Å². The van der Waals surface area contributed by atoms with E-state index in [0.717, 1.165) is 39.2 Å². The van der Waals surface area contributed by atoms with Crippen LogP contribution in [-0.2, 0) is 0 Å². The van der Waals surface area contributed by atoms with Crippen molar-refractivity contribution < 1.29 is 4.39 Å². The zero-order valence-electron chi connectivity index (χ0n) is 24.7. The van der Waals surface area contributed by atoms with Crippen LogP contribution in [0.5, 0.6) is 0 Å². The van der Waals surface area contributed by atoms with Gasteiger partial charge in [0.2, 0.25) is 0 Å². The van der Waals surface area contributed by atoms with E-state index < -0.39 is 0 Å². The molecule has 0 spiro atoms. The molecule has 0 N–H and O–H groups in total. The van der Waals surface area contributed by atoms with Crippen molar-refractivity contribution in [2.75, 3.05) is 0 Å². The van der Waals surface area contributed by atoms with Crippen molar-refractivity contribution in [3.8, 4) is 17.1 Å². The van der Waals surface area contributed by atoms with E-state index in [1.165, 1.54) is 41.7 Å². The molecule has 0 fully saturated rings.